The van der Waals surface area contributed by atoms with Crippen LogP contribution in [-0.2, 0) is 19.4 Å². The van der Waals surface area contributed by atoms with Crippen LogP contribution in [0.5, 0.6) is 0 Å². The summed E-state index contributed by atoms with van der Waals surface area (Å²) in [7, 11) is 2.00. The number of hydrogen-bond donors (Lipinski definition) is 1. The van der Waals surface area contributed by atoms with Gasteiger partial charge in [0.15, 0.2) is 0 Å². The molecule has 19 heavy (non-hydrogen) atoms. The van der Waals surface area contributed by atoms with Gasteiger partial charge in [-0.2, -0.15) is 0 Å². The van der Waals surface area contributed by atoms with Gasteiger partial charge in [-0.25, -0.2) is 4.98 Å². The van der Waals surface area contributed by atoms with Crippen molar-refractivity contribution in [2.24, 2.45) is 0 Å². The first kappa shape index (κ1) is 12.4. The second kappa shape index (κ2) is 5.17. The molecule has 1 aliphatic rings. The molecule has 1 heterocycles. The van der Waals surface area contributed by atoms with Gasteiger partial charge in [0, 0.05) is 12.2 Å². The third-order valence-electron chi connectivity index (χ3n) is 3.89. The minimum atomic E-state index is 0.893. The number of aromatic nitrogens is 2. The Labute approximate surface area is 114 Å². The molecule has 1 N–H and O–H groups in total. The summed E-state index contributed by atoms with van der Waals surface area (Å²) in [5.41, 5.74) is 6.63. The Morgan fingerprint density at radius 2 is 2.11 bits per heavy atom. The van der Waals surface area contributed by atoms with Crippen molar-refractivity contribution in [2.45, 2.75) is 39.2 Å². The number of aryl methyl sites for hydroxylation is 2. The molecule has 0 unspecified atom stereocenters. The quantitative estimate of drug-likeness (QED) is 0.914. The van der Waals surface area contributed by atoms with E-state index in [1.165, 1.54) is 41.0 Å². The summed E-state index contributed by atoms with van der Waals surface area (Å²) in [4.78, 5) is 4.60. The summed E-state index contributed by atoms with van der Waals surface area (Å²) in [6.07, 6.45) is 6.85. The first-order valence-electron chi connectivity index (χ1n) is 7.09. The van der Waals surface area contributed by atoms with Gasteiger partial charge in [-0.1, -0.05) is 17.7 Å². The van der Waals surface area contributed by atoms with Crippen LogP contribution in [0.1, 0.15) is 35.4 Å². The number of imidazole rings is 1. The van der Waals surface area contributed by atoms with Crippen molar-refractivity contribution in [1.29, 1.82) is 0 Å². The molecule has 1 aromatic heterocycles. The standard InChI is InChI=1S/C16H21N3/c1-12-7-8-15(13(9-12)10-17-2)19-11-18-14-5-3-4-6-16(14)19/h7-9,11,17H,3-6,10H2,1-2H3. The average Bonchev–Trinajstić information content (AvgIpc) is 2.83. The number of rotatable bonds is 3. The van der Waals surface area contributed by atoms with Gasteiger partial charge < -0.3 is 9.88 Å². The smallest absolute Gasteiger partial charge is 0.0997 e. The molecule has 0 amide bonds. The monoisotopic (exact) mass is 255 g/mol. The second-order valence-corrected chi connectivity index (χ2v) is 5.38. The molecule has 0 bridgehead atoms. The molecule has 0 radical (unpaired) electrons. The zero-order valence-corrected chi connectivity index (χ0v) is 11.7. The summed E-state index contributed by atoms with van der Waals surface area (Å²) in [5, 5.41) is 3.26. The second-order valence-electron chi connectivity index (χ2n) is 5.38. The maximum atomic E-state index is 4.60. The van der Waals surface area contributed by atoms with Gasteiger partial charge in [0.1, 0.15) is 0 Å². The minimum absolute atomic E-state index is 0.893. The molecule has 2 aromatic rings. The van der Waals surface area contributed by atoms with Crippen molar-refractivity contribution in [3.8, 4) is 5.69 Å². The number of nitrogens with one attached hydrogen (secondary N) is 1. The van der Waals surface area contributed by atoms with E-state index in [0.717, 1.165) is 19.4 Å². The summed E-state index contributed by atoms with van der Waals surface area (Å²) >= 11 is 0. The predicted octanol–water partition coefficient (Wildman–Crippen LogP) is 2.78. The first-order chi connectivity index (χ1) is 9.29. The van der Waals surface area contributed by atoms with E-state index in [1.54, 1.807) is 0 Å². The SMILES string of the molecule is CNCc1cc(C)ccc1-n1cnc2c1CCCC2. The molecule has 0 saturated heterocycles. The van der Waals surface area contributed by atoms with Crippen LogP contribution >= 0.6 is 0 Å². The molecule has 0 fully saturated rings. The molecule has 0 atom stereocenters. The minimum Gasteiger partial charge on any atom is -0.316 e. The molecule has 1 aliphatic carbocycles. The lowest BCUT2D eigenvalue weighted by Gasteiger charge is -2.17. The Bertz CT molecular complexity index is 584. The van der Waals surface area contributed by atoms with Crippen LogP contribution in [-0.4, -0.2) is 16.6 Å². The van der Waals surface area contributed by atoms with E-state index in [4.69, 9.17) is 0 Å². The van der Waals surface area contributed by atoms with Crippen molar-refractivity contribution in [2.75, 3.05) is 7.05 Å². The fourth-order valence-electron chi connectivity index (χ4n) is 2.96. The largest absolute Gasteiger partial charge is 0.316 e. The van der Waals surface area contributed by atoms with Crippen molar-refractivity contribution < 1.29 is 0 Å². The Kier molecular flexibility index (Phi) is 3.38. The van der Waals surface area contributed by atoms with Gasteiger partial charge in [0.25, 0.3) is 0 Å². The van der Waals surface area contributed by atoms with E-state index in [1.807, 2.05) is 13.4 Å². The summed E-state index contributed by atoms with van der Waals surface area (Å²) in [6, 6.07) is 6.67. The highest BCUT2D eigenvalue weighted by Gasteiger charge is 2.17. The lowest BCUT2D eigenvalue weighted by atomic mass is 10.0. The molecule has 3 heteroatoms. The zero-order chi connectivity index (χ0) is 13.2. The molecule has 100 valence electrons. The third-order valence-corrected chi connectivity index (χ3v) is 3.89. The summed E-state index contributed by atoms with van der Waals surface area (Å²) in [5.74, 6) is 0. The molecule has 3 rings (SSSR count). The Morgan fingerprint density at radius 1 is 1.26 bits per heavy atom. The lowest BCUT2D eigenvalue weighted by Crippen LogP contribution is -2.12. The maximum Gasteiger partial charge on any atom is 0.0997 e. The predicted molar refractivity (Wildman–Crippen MR) is 77.7 cm³/mol. The fraction of sp³-hybridized carbons (Fsp3) is 0.438. The van der Waals surface area contributed by atoms with Crippen molar-refractivity contribution in [3.05, 3.63) is 47.0 Å². The van der Waals surface area contributed by atoms with E-state index in [9.17, 15) is 0 Å². The van der Waals surface area contributed by atoms with Crippen LogP contribution < -0.4 is 5.32 Å². The third kappa shape index (κ3) is 2.30. The number of hydrogen-bond acceptors (Lipinski definition) is 2. The topological polar surface area (TPSA) is 29.9 Å². The normalized spacial score (nSPS) is 14.4. The number of benzene rings is 1. The highest BCUT2D eigenvalue weighted by molar-refractivity contribution is 5.45. The molecule has 0 saturated carbocycles. The van der Waals surface area contributed by atoms with Crippen molar-refractivity contribution >= 4 is 0 Å². The number of nitrogens with zero attached hydrogens (tertiary/aromatic N) is 2. The van der Waals surface area contributed by atoms with E-state index < -0.39 is 0 Å². The molecule has 3 nitrogen and oxygen atoms in total. The summed E-state index contributed by atoms with van der Waals surface area (Å²) < 4.78 is 2.29. The van der Waals surface area contributed by atoms with Gasteiger partial charge in [-0.05, 0) is 51.3 Å². The molecule has 0 aliphatic heterocycles. The lowest BCUT2D eigenvalue weighted by molar-refractivity contribution is 0.654. The van der Waals surface area contributed by atoms with Crippen molar-refractivity contribution in [1.82, 2.24) is 14.9 Å². The molecular weight excluding hydrogens is 234 g/mol. The van der Waals surface area contributed by atoms with E-state index in [2.05, 4.69) is 40.0 Å². The Hall–Kier alpha value is -1.61. The average molecular weight is 255 g/mol. The first-order valence-corrected chi connectivity index (χ1v) is 7.09. The van der Waals surface area contributed by atoms with Crippen LogP contribution in [0, 0.1) is 6.92 Å². The van der Waals surface area contributed by atoms with Crippen LogP contribution in [0.4, 0.5) is 0 Å². The van der Waals surface area contributed by atoms with Crippen LogP contribution in [0.3, 0.4) is 0 Å². The maximum absolute atomic E-state index is 4.60. The van der Waals surface area contributed by atoms with Gasteiger partial charge in [-0.3, -0.25) is 0 Å². The summed E-state index contributed by atoms with van der Waals surface area (Å²) in [6.45, 7) is 3.04. The molecule has 0 spiro atoms. The zero-order valence-electron chi connectivity index (χ0n) is 11.7. The van der Waals surface area contributed by atoms with Crippen LogP contribution in [0.2, 0.25) is 0 Å². The van der Waals surface area contributed by atoms with E-state index in [0.29, 0.717) is 0 Å². The highest BCUT2D eigenvalue weighted by atomic mass is 15.1. The van der Waals surface area contributed by atoms with Gasteiger partial charge in [0.2, 0.25) is 0 Å². The molecular formula is C16H21N3. The Morgan fingerprint density at radius 3 is 2.95 bits per heavy atom. The van der Waals surface area contributed by atoms with Crippen molar-refractivity contribution in [3.63, 3.8) is 0 Å². The highest BCUT2D eigenvalue weighted by Crippen LogP contribution is 2.25. The van der Waals surface area contributed by atoms with Gasteiger partial charge in [-0.15, -0.1) is 0 Å². The fourth-order valence-corrected chi connectivity index (χ4v) is 2.96. The van der Waals surface area contributed by atoms with Crippen LogP contribution in [0.25, 0.3) is 5.69 Å². The molecule has 1 aromatic carbocycles. The Balaban J connectivity index is 2.08. The van der Waals surface area contributed by atoms with Gasteiger partial charge >= 0.3 is 0 Å². The number of fused-ring (bicyclic) bond motifs is 1. The van der Waals surface area contributed by atoms with E-state index >= 15 is 0 Å². The van der Waals surface area contributed by atoms with Gasteiger partial charge in [0.05, 0.1) is 17.7 Å². The van der Waals surface area contributed by atoms with E-state index in [-0.39, 0.29) is 0 Å². The van der Waals surface area contributed by atoms with Crippen LogP contribution in [0.15, 0.2) is 24.5 Å².